The van der Waals surface area contributed by atoms with Crippen LogP contribution >= 0.6 is 0 Å². The molecule has 204 valence electrons. The summed E-state index contributed by atoms with van der Waals surface area (Å²) in [5.74, 6) is -0.247. The van der Waals surface area contributed by atoms with E-state index in [0.29, 0.717) is 37.3 Å². The Balaban J connectivity index is 1.24. The fraction of sp³-hybridized carbons (Fsp3) is 0.655. The topological polar surface area (TPSA) is 102 Å². The Kier molecular flexibility index (Phi) is 5.41. The molecule has 4 bridgehead atoms. The molecule has 0 atom stereocenters. The van der Waals surface area contributed by atoms with E-state index < -0.39 is 17.4 Å². The number of nitrogens with two attached hydrogens (primary N) is 1. The summed E-state index contributed by atoms with van der Waals surface area (Å²) in [7, 11) is 0. The lowest BCUT2D eigenvalue weighted by atomic mass is 9.41. The zero-order valence-electron chi connectivity index (χ0n) is 22.4. The molecule has 0 aliphatic heterocycles. The summed E-state index contributed by atoms with van der Waals surface area (Å²) < 4.78 is 34.2. The van der Waals surface area contributed by atoms with Crippen molar-refractivity contribution < 1.29 is 22.9 Å². The van der Waals surface area contributed by atoms with Gasteiger partial charge in [0.1, 0.15) is 11.5 Å². The largest absolute Gasteiger partial charge is 0.366 e. The van der Waals surface area contributed by atoms with Crippen molar-refractivity contribution in [3.05, 3.63) is 41.3 Å². The summed E-state index contributed by atoms with van der Waals surface area (Å²) in [5, 5.41) is 4.25. The van der Waals surface area contributed by atoms with E-state index >= 15 is 0 Å². The molecule has 6 saturated carbocycles. The molecule has 6 aliphatic rings. The van der Waals surface area contributed by atoms with Gasteiger partial charge in [-0.2, -0.15) is 4.98 Å². The fourth-order valence-corrected chi connectivity index (χ4v) is 7.56. The quantitative estimate of drug-likeness (QED) is 0.512. The monoisotopic (exact) mass is 526 g/mol. The molecule has 6 fully saturated rings. The molecule has 2 amide bonds. The van der Waals surface area contributed by atoms with Crippen LogP contribution in [0.25, 0.3) is 0 Å². The van der Waals surface area contributed by atoms with Crippen LogP contribution in [0.3, 0.4) is 0 Å². The second-order valence-electron chi connectivity index (χ2n) is 13.8. The number of amides is 2. The van der Waals surface area contributed by atoms with E-state index in [4.69, 9.17) is 15.2 Å². The molecule has 2 aromatic rings. The van der Waals surface area contributed by atoms with Gasteiger partial charge in [-0.15, -0.1) is 0 Å². The van der Waals surface area contributed by atoms with Gasteiger partial charge in [-0.05, 0) is 86.8 Å². The minimum absolute atomic E-state index is 0.0997. The second-order valence-corrected chi connectivity index (χ2v) is 13.8. The van der Waals surface area contributed by atoms with Crippen LogP contribution in [0, 0.1) is 16.6 Å². The SMILES string of the molecule is CC(C)(C)c1noc(C23CCC(CN(C(=O)CC45CC(F)(C4)C5)c4ccc(F)c(C(N)=O)c4)(CC2)CC3)n1. The standard InChI is InChI=1S/C29H36F2N4O3/c1-25(2,3)23-33-24(38-34-23)28-9-6-26(7-10-28,8-11-28)17-35(18-4-5-20(30)19(12-18)22(32)37)21(36)13-27-14-29(31,15-27)16-27/h4-5,12H,6-11,13-17H2,1-3H3,(H2,32,37). The number of nitrogens with zero attached hydrogens (tertiary/aromatic N) is 3. The van der Waals surface area contributed by atoms with Crippen LogP contribution in [0.1, 0.15) is 107 Å². The lowest BCUT2D eigenvalue weighted by Gasteiger charge is -2.66. The maximum atomic E-state index is 14.3. The van der Waals surface area contributed by atoms with Crippen molar-refractivity contribution in [2.75, 3.05) is 11.4 Å². The maximum Gasteiger partial charge on any atom is 0.251 e. The molecule has 1 aromatic carbocycles. The van der Waals surface area contributed by atoms with Gasteiger partial charge in [0.15, 0.2) is 5.82 Å². The summed E-state index contributed by atoms with van der Waals surface area (Å²) in [5.41, 5.74) is 3.87. The van der Waals surface area contributed by atoms with Gasteiger partial charge in [-0.1, -0.05) is 25.9 Å². The number of carbonyl (C=O) groups is 2. The molecule has 38 heavy (non-hydrogen) atoms. The zero-order valence-corrected chi connectivity index (χ0v) is 22.4. The third-order valence-corrected chi connectivity index (χ3v) is 9.88. The van der Waals surface area contributed by atoms with Gasteiger partial charge in [0.05, 0.1) is 5.56 Å². The molecule has 7 nitrogen and oxygen atoms in total. The average molecular weight is 527 g/mol. The third-order valence-electron chi connectivity index (χ3n) is 9.88. The van der Waals surface area contributed by atoms with E-state index in [1.807, 2.05) is 0 Å². The number of fused-ring (bicyclic) bond motifs is 3. The number of rotatable bonds is 7. The highest BCUT2D eigenvalue weighted by Crippen LogP contribution is 2.71. The molecule has 1 aromatic heterocycles. The number of benzene rings is 1. The molecule has 0 saturated heterocycles. The van der Waals surface area contributed by atoms with Crippen molar-refractivity contribution in [3.63, 3.8) is 0 Å². The Labute approximate surface area is 221 Å². The number of primary amides is 1. The molecule has 6 aliphatic carbocycles. The second kappa shape index (κ2) is 8.09. The first-order valence-corrected chi connectivity index (χ1v) is 13.7. The number of carbonyl (C=O) groups excluding carboxylic acids is 2. The van der Waals surface area contributed by atoms with E-state index in [-0.39, 0.29) is 39.6 Å². The van der Waals surface area contributed by atoms with Gasteiger partial charge < -0.3 is 15.2 Å². The third kappa shape index (κ3) is 4.04. The van der Waals surface area contributed by atoms with Gasteiger partial charge in [-0.25, -0.2) is 8.78 Å². The van der Waals surface area contributed by atoms with Gasteiger partial charge in [-0.3, -0.25) is 9.59 Å². The molecule has 9 heteroatoms. The zero-order chi connectivity index (χ0) is 27.1. The van der Waals surface area contributed by atoms with Crippen molar-refractivity contribution in [2.24, 2.45) is 16.6 Å². The van der Waals surface area contributed by atoms with E-state index in [1.165, 1.54) is 18.2 Å². The number of halogens is 2. The van der Waals surface area contributed by atoms with Gasteiger partial charge in [0.2, 0.25) is 11.8 Å². The van der Waals surface area contributed by atoms with E-state index in [0.717, 1.165) is 44.4 Å². The first-order chi connectivity index (χ1) is 17.8. The fourth-order valence-electron chi connectivity index (χ4n) is 7.56. The first kappa shape index (κ1) is 25.4. The average Bonchev–Trinajstić information content (AvgIpc) is 3.34. The minimum atomic E-state index is -1.09. The van der Waals surface area contributed by atoms with Gasteiger partial charge in [0.25, 0.3) is 5.91 Å². The highest BCUT2D eigenvalue weighted by atomic mass is 19.1. The summed E-state index contributed by atoms with van der Waals surface area (Å²) in [6.45, 7) is 6.67. The van der Waals surface area contributed by atoms with Crippen LogP contribution in [-0.2, 0) is 15.6 Å². The lowest BCUT2D eigenvalue weighted by molar-refractivity contribution is -0.215. The molecule has 1 heterocycles. The highest BCUT2D eigenvalue weighted by molar-refractivity contribution is 5.98. The summed E-state index contributed by atoms with van der Waals surface area (Å²) in [6, 6.07) is 4.12. The Morgan fingerprint density at radius 3 is 2.21 bits per heavy atom. The molecule has 0 unspecified atom stereocenters. The van der Waals surface area contributed by atoms with E-state index in [1.54, 1.807) is 4.90 Å². The van der Waals surface area contributed by atoms with Crippen LogP contribution in [0.4, 0.5) is 14.5 Å². The number of hydrogen-bond donors (Lipinski definition) is 1. The molecular weight excluding hydrogens is 490 g/mol. The van der Waals surface area contributed by atoms with Crippen molar-refractivity contribution in [2.45, 2.75) is 101 Å². The van der Waals surface area contributed by atoms with Crippen molar-refractivity contribution >= 4 is 17.5 Å². The summed E-state index contributed by atoms with van der Waals surface area (Å²) >= 11 is 0. The smallest absolute Gasteiger partial charge is 0.251 e. The Hall–Kier alpha value is -2.84. The molecule has 0 radical (unpaired) electrons. The molecule has 8 rings (SSSR count). The van der Waals surface area contributed by atoms with Crippen LogP contribution < -0.4 is 10.6 Å². The Morgan fingerprint density at radius 1 is 1.05 bits per heavy atom. The van der Waals surface area contributed by atoms with Crippen molar-refractivity contribution in [1.29, 1.82) is 0 Å². The Bertz CT molecular complexity index is 1270. The van der Waals surface area contributed by atoms with Gasteiger partial charge in [0, 0.05) is 29.5 Å². The molecule has 0 spiro atoms. The van der Waals surface area contributed by atoms with E-state index in [9.17, 15) is 18.4 Å². The predicted molar refractivity (Wildman–Crippen MR) is 137 cm³/mol. The lowest BCUT2D eigenvalue weighted by Crippen LogP contribution is -2.65. The van der Waals surface area contributed by atoms with Crippen molar-refractivity contribution in [1.82, 2.24) is 10.1 Å². The van der Waals surface area contributed by atoms with Crippen LogP contribution in [-0.4, -0.2) is 34.2 Å². The van der Waals surface area contributed by atoms with Crippen molar-refractivity contribution in [3.8, 4) is 0 Å². The van der Waals surface area contributed by atoms with Crippen LogP contribution in [0.5, 0.6) is 0 Å². The Morgan fingerprint density at radius 2 is 1.68 bits per heavy atom. The van der Waals surface area contributed by atoms with Gasteiger partial charge >= 0.3 is 0 Å². The number of hydrogen-bond acceptors (Lipinski definition) is 5. The van der Waals surface area contributed by atoms with Crippen LogP contribution in [0.2, 0.25) is 0 Å². The molecule has 2 N–H and O–H groups in total. The number of anilines is 1. The van der Waals surface area contributed by atoms with E-state index in [2.05, 4.69) is 25.9 Å². The first-order valence-electron chi connectivity index (χ1n) is 13.7. The normalized spacial score (nSPS) is 33.4. The summed E-state index contributed by atoms with van der Waals surface area (Å²) in [4.78, 5) is 32.1. The van der Waals surface area contributed by atoms with Crippen LogP contribution in [0.15, 0.2) is 22.7 Å². The highest BCUT2D eigenvalue weighted by Gasteiger charge is 2.69. The maximum absolute atomic E-state index is 14.3. The summed E-state index contributed by atoms with van der Waals surface area (Å²) in [6.07, 6.45) is 6.93. The number of aromatic nitrogens is 2. The molecular formula is C29H36F2N4O3. The minimum Gasteiger partial charge on any atom is -0.366 e. The predicted octanol–water partition coefficient (Wildman–Crippen LogP) is 5.51. The number of alkyl halides is 1.